The molecule has 7 nitrogen and oxygen atoms in total. The second-order valence-electron chi connectivity index (χ2n) is 8.43. The predicted molar refractivity (Wildman–Crippen MR) is 129 cm³/mol. The van der Waals surface area contributed by atoms with Crippen LogP contribution in [0.5, 0.6) is 0 Å². The molecule has 0 unspecified atom stereocenters. The van der Waals surface area contributed by atoms with Crippen LogP contribution in [0.3, 0.4) is 0 Å². The van der Waals surface area contributed by atoms with Gasteiger partial charge in [0.05, 0.1) is 29.3 Å². The Labute approximate surface area is 195 Å². The molecule has 2 N–H and O–H groups in total. The van der Waals surface area contributed by atoms with Crippen molar-refractivity contribution in [2.24, 2.45) is 0 Å². The second-order valence-corrected chi connectivity index (χ2v) is 8.43. The summed E-state index contributed by atoms with van der Waals surface area (Å²) < 4.78 is 28.0. The SMILES string of the molecule is C=C(c1ccn2ncc(C(=C)Nc3cccnc3)c2c1)c1cnc(NC2CC(F)(F)C2)nc1C. The number of hydrogen-bond acceptors (Lipinski definition) is 6. The first-order valence-corrected chi connectivity index (χ1v) is 10.8. The van der Waals surface area contributed by atoms with Gasteiger partial charge in [0, 0.05) is 54.3 Å². The third-order valence-corrected chi connectivity index (χ3v) is 5.88. The Balaban J connectivity index is 1.37. The van der Waals surface area contributed by atoms with Gasteiger partial charge in [-0.2, -0.15) is 5.10 Å². The summed E-state index contributed by atoms with van der Waals surface area (Å²) in [4.78, 5) is 12.9. The Morgan fingerprint density at radius 1 is 1.15 bits per heavy atom. The highest BCUT2D eigenvalue weighted by Crippen LogP contribution is 2.38. The van der Waals surface area contributed by atoms with Crippen LogP contribution in [0.4, 0.5) is 20.4 Å². The number of alkyl halides is 2. The van der Waals surface area contributed by atoms with Gasteiger partial charge < -0.3 is 10.6 Å². The van der Waals surface area contributed by atoms with E-state index < -0.39 is 5.92 Å². The number of fused-ring (bicyclic) bond motifs is 1. The van der Waals surface area contributed by atoms with Crippen LogP contribution in [0.1, 0.15) is 35.2 Å². The van der Waals surface area contributed by atoms with Crippen LogP contribution >= 0.6 is 0 Å². The summed E-state index contributed by atoms with van der Waals surface area (Å²) in [7, 11) is 0. The van der Waals surface area contributed by atoms with E-state index >= 15 is 0 Å². The topological polar surface area (TPSA) is 80.0 Å². The molecule has 0 spiro atoms. The maximum absolute atomic E-state index is 13.1. The first-order chi connectivity index (χ1) is 16.3. The average molecular weight is 460 g/mol. The standard InChI is InChI=1S/C25H23F2N7/c1-15(21-13-29-24(32-16(21)2)33-20-10-25(26,27)11-20)18-6-8-34-23(9-18)22(14-30-34)17(3)31-19-5-4-7-28-12-19/h4-9,12-14,20,31H,1,3,10-11H2,2H3,(H,29,32,33). The number of rotatable bonds is 7. The molecule has 4 heterocycles. The third-order valence-electron chi connectivity index (χ3n) is 5.88. The zero-order valence-corrected chi connectivity index (χ0v) is 18.6. The molecule has 172 valence electrons. The molecule has 5 rings (SSSR count). The molecule has 0 radical (unpaired) electrons. The molecule has 0 bridgehead atoms. The molecule has 4 aromatic heterocycles. The molecule has 34 heavy (non-hydrogen) atoms. The molecule has 0 saturated heterocycles. The highest BCUT2D eigenvalue weighted by atomic mass is 19.3. The second kappa shape index (κ2) is 8.33. The van der Waals surface area contributed by atoms with Gasteiger partial charge in [0.15, 0.2) is 0 Å². The van der Waals surface area contributed by atoms with E-state index in [9.17, 15) is 8.78 Å². The van der Waals surface area contributed by atoms with Crippen LogP contribution in [-0.4, -0.2) is 36.5 Å². The summed E-state index contributed by atoms with van der Waals surface area (Å²) in [5, 5.41) is 10.7. The molecule has 1 saturated carbocycles. The van der Waals surface area contributed by atoms with E-state index in [0.29, 0.717) is 17.3 Å². The average Bonchev–Trinajstić information content (AvgIpc) is 3.22. The van der Waals surface area contributed by atoms with Crippen molar-refractivity contribution in [3.05, 3.63) is 90.8 Å². The lowest BCUT2D eigenvalue weighted by molar-refractivity contribution is -0.0794. The third kappa shape index (κ3) is 4.24. The van der Waals surface area contributed by atoms with Crippen molar-refractivity contribution < 1.29 is 8.78 Å². The van der Waals surface area contributed by atoms with E-state index in [2.05, 4.69) is 43.8 Å². The van der Waals surface area contributed by atoms with Crippen molar-refractivity contribution in [2.45, 2.75) is 31.7 Å². The van der Waals surface area contributed by atoms with E-state index in [0.717, 1.165) is 33.5 Å². The number of anilines is 2. The minimum atomic E-state index is -2.59. The fourth-order valence-electron chi connectivity index (χ4n) is 4.01. The summed E-state index contributed by atoms with van der Waals surface area (Å²) in [6.07, 6.45) is 8.33. The molecular formula is C25H23F2N7. The number of nitrogens with one attached hydrogen (secondary N) is 2. The van der Waals surface area contributed by atoms with Gasteiger partial charge in [-0.3, -0.25) is 4.98 Å². The summed E-state index contributed by atoms with van der Waals surface area (Å²) in [6, 6.07) is 7.36. The number of nitrogens with zero attached hydrogens (tertiary/aromatic N) is 5. The van der Waals surface area contributed by atoms with Crippen LogP contribution in [0.25, 0.3) is 16.8 Å². The van der Waals surface area contributed by atoms with Crippen LogP contribution < -0.4 is 10.6 Å². The Kier molecular flexibility index (Phi) is 5.31. The van der Waals surface area contributed by atoms with E-state index in [4.69, 9.17) is 0 Å². The summed E-state index contributed by atoms with van der Waals surface area (Å²) in [6.45, 7) is 10.3. The summed E-state index contributed by atoms with van der Waals surface area (Å²) in [5.74, 6) is -2.24. The smallest absolute Gasteiger partial charge is 0.252 e. The highest BCUT2D eigenvalue weighted by Gasteiger charge is 2.45. The Hall–Kier alpha value is -4.14. The molecule has 4 aromatic rings. The van der Waals surface area contributed by atoms with Crippen LogP contribution in [0.2, 0.25) is 0 Å². The van der Waals surface area contributed by atoms with Gasteiger partial charge in [-0.1, -0.05) is 13.2 Å². The highest BCUT2D eigenvalue weighted by molar-refractivity contribution is 5.86. The van der Waals surface area contributed by atoms with Crippen LogP contribution in [0.15, 0.2) is 68.4 Å². The number of hydrogen-bond donors (Lipinski definition) is 2. The maximum atomic E-state index is 13.1. The van der Waals surface area contributed by atoms with Crippen molar-refractivity contribution in [2.75, 3.05) is 10.6 Å². The van der Waals surface area contributed by atoms with Crippen molar-refractivity contribution >= 4 is 28.4 Å². The predicted octanol–water partition coefficient (Wildman–Crippen LogP) is 5.18. The van der Waals surface area contributed by atoms with Gasteiger partial charge in [-0.15, -0.1) is 0 Å². The molecule has 9 heteroatoms. The Morgan fingerprint density at radius 3 is 2.68 bits per heavy atom. The van der Waals surface area contributed by atoms with Gasteiger partial charge in [0.1, 0.15) is 0 Å². The van der Waals surface area contributed by atoms with Crippen molar-refractivity contribution in [3.8, 4) is 0 Å². The van der Waals surface area contributed by atoms with Gasteiger partial charge in [-0.25, -0.2) is 23.3 Å². The Morgan fingerprint density at radius 2 is 1.97 bits per heavy atom. The lowest BCUT2D eigenvalue weighted by Gasteiger charge is -2.35. The van der Waals surface area contributed by atoms with E-state index in [1.54, 1.807) is 29.3 Å². The Bertz CT molecular complexity index is 1390. The van der Waals surface area contributed by atoms with Gasteiger partial charge in [-0.05, 0) is 42.3 Å². The zero-order valence-electron chi connectivity index (χ0n) is 18.6. The first-order valence-electron chi connectivity index (χ1n) is 10.8. The lowest BCUT2D eigenvalue weighted by atomic mass is 9.88. The fraction of sp³-hybridized carbons (Fsp3) is 0.200. The molecule has 1 aliphatic carbocycles. The number of aryl methyl sites for hydroxylation is 1. The molecule has 1 fully saturated rings. The number of halogens is 2. The van der Waals surface area contributed by atoms with Gasteiger partial charge >= 0.3 is 0 Å². The van der Waals surface area contributed by atoms with Crippen molar-refractivity contribution in [1.29, 1.82) is 0 Å². The maximum Gasteiger partial charge on any atom is 0.252 e. The molecule has 0 amide bonds. The normalized spacial score (nSPS) is 15.0. The first kappa shape index (κ1) is 21.7. The number of pyridine rings is 2. The molecule has 0 atom stereocenters. The minimum Gasteiger partial charge on any atom is -0.354 e. The van der Waals surface area contributed by atoms with E-state index in [-0.39, 0.29) is 18.9 Å². The minimum absolute atomic E-state index is 0.196. The monoisotopic (exact) mass is 459 g/mol. The van der Waals surface area contributed by atoms with Gasteiger partial charge in [0.2, 0.25) is 5.95 Å². The summed E-state index contributed by atoms with van der Waals surface area (Å²) in [5.41, 5.74) is 6.37. The lowest BCUT2D eigenvalue weighted by Crippen LogP contribution is -2.44. The van der Waals surface area contributed by atoms with Crippen LogP contribution in [-0.2, 0) is 0 Å². The quantitative estimate of drug-likeness (QED) is 0.396. The van der Waals surface area contributed by atoms with Crippen molar-refractivity contribution in [3.63, 3.8) is 0 Å². The molecule has 0 aromatic carbocycles. The van der Waals surface area contributed by atoms with Crippen molar-refractivity contribution in [1.82, 2.24) is 24.6 Å². The molecular weight excluding hydrogens is 436 g/mol. The summed E-state index contributed by atoms with van der Waals surface area (Å²) >= 11 is 0. The molecule has 1 aliphatic rings. The van der Waals surface area contributed by atoms with Gasteiger partial charge in [0.25, 0.3) is 5.92 Å². The molecule has 0 aliphatic heterocycles. The van der Waals surface area contributed by atoms with Crippen LogP contribution in [0, 0.1) is 6.92 Å². The number of aromatic nitrogens is 5. The zero-order chi connectivity index (χ0) is 23.9. The van der Waals surface area contributed by atoms with E-state index in [1.165, 1.54) is 0 Å². The largest absolute Gasteiger partial charge is 0.354 e. The fourth-order valence-corrected chi connectivity index (χ4v) is 4.01. The van der Waals surface area contributed by atoms with E-state index in [1.807, 2.05) is 37.4 Å².